The van der Waals surface area contributed by atoms with Gasteiger partial charge in [-0.05, 0) is 25.0 Å². The van der Waals surface area contributed by atoms with Crippen molar-refractivity contribution in [3.8, 4) is 11.5 Å². The molecule has 0 bridgehead atoms. The van der Waals surface area contributed by atoms with Gasteiger partial charge in [-0.1, -0.05) is 26.3 Å². The summed E-state index contributed by atoms with van der Waals surface area (Å²) in [4.78, 5) is 44.5. The Morgan fingerprint density at radius 3 is 2.77 bits per heavy atom. The first-order valence-corrected chi connectivity index (χ1v) is 10.3. The van der Waals surface area contributed by atoms with E-state index in [0.717, 1.165) is 19.3 Å². The topological polar surface area (TPSA) is 117 Å². The average molecular weight is 428 g/mol. The maximum atomic E-state index is 12.7. The maximum Gasteiger partial charge on any atom is 0.342 e. The molecule has 10 heteroatoms. The van der Waals surface area contributed by atoms with Crippen molar-refractivity contribution in [2.75, 3.05) is 6.79 Å². The van der Waals surface area contributed by atoms with Gasteiger partial charge >= 0.3 is 11.7 Å². The number of para-hydroxylation sites is 1. The van der Waals surface area contributed by atoms with Gasteiger partial charge in [-0.2, -0.15) is 0 Å². The van der Waals surface area contributed by atoms with E-state index in [-0.39, 0.29) is 19.0 Å². The molecule has 2 aromatic heterocycles. The molecular formula is C21H24N4O6. The third kappa shape index (κ3) is 3.80. The molecular weight excluding hydrogens is 404 g/mol. The standard InChI is InChI=1S/C21H24N4O6/c1-3-5-10-25-18-16(19(26)23-21(25)28)24(9-4-2)15(22-18)11-29-20(27)13-7-6-8-14-17(13)31-12-30-14/h6-8H,3-5,9-12H2,1-2H3,(H,23,26,28). The molecule has 3 heterocycles. The largest absolute Gasteiger partial charge is 0.454 e. The van der Waals surface area contributed by atoms with Crippen LogP contribution in [-0.4, -0.2) is 31.9 Å². The Balaban J connectivity index is 1.69. The molecule has 0 fully saturated rings. The van der Waals surface area contributed by atoms with E-state index >= 15 is 0 Å². The number of esters is 1. The second kappa shape index (κ2) is 8.66. The first-order chi connectivity index (χ1) is 15.0. The van der Waals surface area contributed by atoms with Crippen LogP contribution in [0.1, 0.15) is 49.3 Å². The van der Waals surface area contributed by atoms with Crippen LogP contribution in [0.15, 0.2) is 27.8 Å². The van der Waals surface area contributed by atoms with E-state index in [9.17, 15) is 14.4 Å². The minimum atomic E-state index is -0.588. The molecule has 1 aliphatic heterocycles. The summed E-state index contributed by atoms with van der Waals surface area (Å²) in [6.45, 7) is 4.81. The predicted octanol–water partition coefficient (Wildman–Crippen LogP) is 2.18. The molecule has 0 saturated heterocycles. The van der Waals surface area contributed by atoms with E-state index in [1.807, 2.05) is 13.8 Å². The highest BCUT2D eigenvalue weighted by Gasteiger charge is 2.24. The van der Waals surface area contributed by atoms with Crippen LogP contribution in [0.25, 0.3) is 11.2 Å². The number of fused-ring (bicyclic) bond motifs is 2. The summed E-state index contributed by atoms with van der Waals surface area (Å²) in [6, 6.07) is 4.99. The van der Waals surface area contributed by atoms with E-state index < -0.39 is 17.2 Å². The number of nitrogens with zero attached hydrogens (tertiary/aromatic N) is 3. The molecule has 31 heavy (non-hydrogen) atoms. The minimum Gasteiger partial charge on any atom is -0.454 e. The van der Waals surface area contributed by atoms with Crippen molar-refractivity contribution < 1.29 is 19.0 Å². The van der Waals surface area contributed by atoms with Crippen LogP contribution in [0, 0.1) is 0 Å². The van der Waals surface area contributed by atoms with E-state index in [4.69, 9.17) is 14.2 Å². The van der Waals surface area contributed by atoms with Gasteiger partial charge in [-0.25, -0.2) is 14.6 Å². The van der Waals surface area contributed by atoms with Crippen LogP contribution >= 0.6 is 0 Å². The van der Waals surface area contributed by atoms with E-state index in [1.165, 1.54) is 4.57 Å². The number of aromatic nitrogens is 4. The molecule has 0 radical (unpaired) electrons. The Bertz CT molecular complexity index is 1240. The Kier molecular flexibility index (Phi) is 5.79. The number of imidazole rings is 1. The summed E-state index contributed by atoms with van der Waals surface area (Å²) >= 11 is 0. The lowest BCUT2D eigenvalue weighted by Crippen LogP contribution is -2.31. The molecule has 0 unspecified atom stereocenters. The van der Waals surface area contributed by atoms with E-state index in [2.05, 4.69) is 9.97 Å². The summed E-state index contributed by atoms with van der Waals surface area (Å²) in [5.74, 6) is 0.643. The van der Waals surface area contributed by atoms with Crippen molar-refractivity contribution in [3.05, 3.63) is 50.4 Å². The molecule has 0 saturated carbocycles. The van der Waals surface area contributed by atoms with Gasteiger partial charge in [0.15, 0.2) is 22.7 Å². The van der Waals surface area contributed by atoms with Gasteiger partial charge in [0, 0.05) is 13.1 Å². The summed E-state index contributed by atoms with van der Waals surface area (Å²) in [6.07, 6.45) is 2.39. The smallest absolute Gasteiger partial charge is 0.342 e. The first-order valence-electron chi connectivity index (χ1n) is 10.3. The van der Waals surface area contributed by atoms with Gasteiger partial charge in [-0.3, -0.25) is 14.3 Å². The van der Waals surface area contributed by atoms with Crippen LogP contribution in [-0.2, 0) is 24.4 Å². The molecule has 0 amide bonds. The number of aromatic amines is 1. The van der Waals surface area contributed by atoms with Crippen LogP contribution in [0.3, 0.4) is 0 Å². The molecule has 10 nitrogen and oxygen atoms in total. The second-order valence-electron chi connectivity index (χ2n) is 7.23. The number of rotatable bonds is 8. The highest BCUT2D eigenvalue weighted by molar-refractivity contribution is 5.93. The summed E-state index contributed by atoms with van der Waals surface area (Å²) < 4.78 is 19.3. The lowest BCUT2D eigenvalue weighted by Gasteiger charge is -2.09. The zero-order valence-corrected chi connectivity index (χ0v) is 17.5. The number of H-pyrrole nitrogens is 1. The maximum absolute atomic E-state index is 12.7. The quantitative estimate of drug-likeness (QED) is 0.547. The predicted molar refractivity (Wildman–Crippen MR) is 111 cm³/mol. The first kappa shape index (κ1) is 20.7. The number of carbonyl (C=O) groups excluding carboxylic acids is 1. The van der Waals surface area contributed by atoms with Crippen molar-refractivity contribution in [2.45, 2.75) is 52.8 Å². The van der Waals surface area contributed by atoms with Crippen LogP contribution < -0.4 is 20.7 Å². The molecule has 164 valence electrons. The number of nitrogens with one attached hydrogen (secondary N) is 1. The monoisotopic (exact) mass is 428 g/mol. The summed E-state index contributed by atoms with van der Waals surface area (Å²) in [5, 5.41) is 0. The van der Waals surface area contributed by atoms with Crippen molar-refractivity contribution in [1.29, 1.82) is 0 Å². The van der Waals surface area contributed by atoms with Crippen molar-refractivity contribution in [3.63, 3.8) is 0 Å². The number of unbranched alkanes of at least 4 members (excludes halogenated alkanes) is 1. The molecule has 4 rings (SSSR count). The molecule has 0 spiro atoms. The number of hydrogen-bond acceptors (Lipinski definition) is 7. The van der Waals surface area contributed by atoms with Gasteiger partial charge in [0.05, 0.1) is 0 Å². The Morgan fingerprint density at radius 2 is 2.00 bits per heavy atom. The highest BCUT2D eigenvalue weighted by atomic mass is 16.7. The van der Waals surface area contributed by atoms with Crippen LogP contribution in [0.4, 0.5) is 0 Å². The third-order valence-corrected chi connectivity index (χ3v) is 5.10. The lowest BCUT2D eigenvalue weighted by molar-refractivity contribution is 0.0454. The Labute approximate surface area is 177 Å². The molecule has 0 atom stereocenters. The van der Waals surface area contributed by atoms with E-state index in [0.29, 0.717) is 41.6 Å². The number of hydrogen-bond donors (Lipinski definition) is 1. The van der Waals surface area contributed by atoms with Gasteiger partial charge in [0.1, 0.15) is 18.0 Å². The molecule has 1 aromatic carbocycles. The molecule has 3 aromatic rings. The number of carbonyl (C=O) groups is 1. The zero-order chi connectivity index (χ0) is 22.0. The SMILES string of the molecule is CCCCn1c(=O)[nH]c(=O)c2c1nc(COC(=O)c1cccc3c1OCO3)n2CCC. The summed E-state index contributed by atoms with van der Waals surface area (Å²) in [5.41, 5.74) is -0.129. The number of aryl methyl sites for hydroxylation is 2. The zero-order valence-electron chi connectivity index (χ0n) is 17.5. The van der Waals surface area contributed by atoms with Gasteiger partial charge in [0.25, 0.3) is 5.56 Å². The molecule has 0 aliphatic carbocycles. The summed E-state index contributed by atoms with van der Waals surface area (Å²) in [7, 11) is 0. The second-order valence-corrected chi connectivity index (χ2v) is 7.23. The molecule has 1 aliphatic rings. The molecule has 1 N–H and O–H groups in total. The normalized spacial score (nSPS) is 12.5. The average Bonchev–Trinajstić information content (AvgIpc) is 3.37. The fraction of sp³-hybridized carbons (Fsp3) is 0.429. The Morgan fingerprint density at radius 1 is 1.16 bits per heavy atom. The fourth-order valence-corrected chi connectivity index (χ4v) is 3.61. The Hall–Kier alpha value is -3.56. The van der Waals surface area contributed by atoms with Crippen molar-refractivity contribution >= 4 is 17.1 Å². The van der Waals surface area contributed by atoms with Crippen LogP contribution in [0.5, 0.6) is 11.5 Å². The highest BCUT2D eigenvalue weighted by Crippen LogP contribution is 2.35. The van der Waals surface area contributed by atoms with Crippen molar-refractivity contribution in [1.82, 2.24) is 19.1 Å². The van der Waals surface area contributed by atoms with Crippen LogP contribution in [0.2, 0.25) is 0 Å². The number of ether oxygens (including phenoxy) is 3. The number of benzene rings is 1. The lowest BCUT2D eigenvalue weighted by atomic mass is 10.2. The van der Waals surface area contributed by atoms with E-state index in [1.54, 1.807) is 22.8 Å². The van der Waals surface area contributed by atoms with Crippen molar-refractivity contribution in [2.24, 2.45) is 0 Å². The fourth-order valence-electron chi connectivity index (χ4n) is 3.61. The third-order valence-electron chi connectivity index (χ3n) is 5.10. The van der Waals surface area contributed by atoms with Gasteiger partial charge < -0.3 is 18.8 Å². The minimum absolute atomic E-state index is 0.0456. The van der Waals surface area contributed by atoms with Gasteiger partial charge in [0.2, 0.25) is 6.79 Å². The van der Waals surface area contributed by atoms with Gasteiger partial charge in [-0.15, -0.1) is 0 Å².